The number of hydrogen-bond acceptors (Lipinski definition) is 6. The minimum Gasteiger partial charge on any atom is -0.382 e. The van der Waals surface area contributed by atoms with Gasteiger partial charge < -0.3 is 19.7 Å². The second-order valence-corrected chi connectivity index (χ2v) is 8.33. The number of urea groups is 1. The summed E-state index contributed by atoms with van der Waals surface area (Å²) in [4.78, 5) is 40.0. The van der Waals surface area contributed by atoms with Crippen molar-refractivity contribution in [2.24, 2.45) is 5.92 Å². The zero-order valence-electron chi connectivity index (χ0n) is 17.0. The Kier molecular flexibility index (Phi) is 6.95. The number of halogens is 2. The van der Waals surface area contributed by atoms with Gasteiger partial charge in [0.25, 0.3) is 5.91 Å². The number of hydrogen-bond donors (Lipinski definition) is 2. The first-order valence-corrected chi connectivity index (χ1v) is 10.2. The Morgan fingerprint density at radius 1 is 1.40 bits per heavy atom. The van der Waals surface area contributed by atoms with Gasteiger partial charge in [-0.2, -0.15) is 0 Å². The molecule has 30 heavy (non-hydrogen) atoms. The number of anilines is 1. The van der Waals surface area contributed by atoms with Gasteiger partial charge in [-0.3, -0.25) is 15.0 Å². The van der Waals surface area contributed by atoms with E-state index in [9.17, 15) is 18.8 Å². The summed E-state index contributed by atoms with van der Waals surface area (Å²) in [5, 5.41) is 4.92. The molecular weight excluding hydrogens is 415 g/mol. The van der Waals surface area contributed by atoms with Crippen LogP contribution in [0, 0.1) is 11.7 Å². The fourth-order valence-corrected chi connectivity index (χ4v) is 4.43. The molecule has 8 nitrogen and oxygen atoms in total. The number of rotatable bonds is 8. The Balaban J connectivity index is 1.63. The van der Waals surface area contributed by atoms with Crippen molar-refractivity contribution in [1.29, 1.82) is 0 Å². The number of imide groups is 1. The van der Waals surface area contributed by atoms with Crippen LogP contribution in [0.2, 0.25) is 5.02 Å². The van der Waals surface area contributed by atoms with E-state index in [0.717, 1.165) is 12.0 Å². The third-order valence-corrected chi connectivity index (χ3v) is 5.94. The fourth-order valence-electron chi connectivity index (χ4n) is 4.26. The van der Waals surface area contributed by atoms with Gasteiger partial charge in [0.2, 0.25) is 0 Å². The first kappa shape index (κ1) is 22.5. The molecule has 3 rings (SSSR count). The molecule has 2 heterocycles. The van der Waals surface area contributed by atoms with E-state index < -0.39 is 29.2 Å². The maximum atomic E-state index is 13.5. The Hall–Kier alpha value is -2.23. The summed E-state index contributed by atoms with van der Waals surface area (Å²) in [6.45, 7) is 4.57. The molecule has 3 atom stereocenters. The summed E-state index contributed by atoms with van der Waals surface area (Å²) < 4.78 is 18.6. The molecule has 0 spiro atoms. The number of carbonyl (C=O) groups excluding carboxylic acids is 3. The lowest BCUT2D eigenvalue weighted by atomic mass is 9.88. The van der Waals surface area contributed by atoms with Gasteiger partial charge in [-0.25, -0.2) is 9.18 Å². The molecular formula is C20H26ClFN4O4. The summed E-state index contributed by atoms with van der Waals surface area (Å²) in [5.41, 5.74) is -0.389. The highest BCUT2D eigenvalue weighted by atomic mass is 35.5. The lowest BCUT2D eigenvalue weighted by Crippen LogP contribution is -2.55. The molecule has 1 aromatic rings. The summed E-state index contributed by atoms with van der Waals surface area (Å²) in [7, 11) is 1.44. The second kappa shape index (κ2) is 9.28. The van der Waals surface area contributed by atoms with Gasteiger partial charge in [0.15, 0.2) is 0 Å². The number of carbonyl (C=O) groups is 3. The fraction of sp³-hybridized carbons (Fsp3) is 0.550. The monoisotopic (exact) mass is 440 g/mol. The Bertz CT molecular complexity index is 826. The average molecular weight is 441 g/mol. The van der Waals surface area contributed by atoms with Gasteiger partial charge in [-0.1, -0.05) is 11.6 Å². The third kappa shape index (κ3) is 4.74. The maximum absolute atomic E-state index is 13.5. The minimum absolute atomic E-state index is 0.00950. The van der Waals surface area contributed by atoms with Crippen molar-refractivity contribution in [3.63, 3.8) is 0 Å². The minimum atomic E-state index is -1.24. The normalized spacial score (nSPS) is 25.7. The molecule has 1 aromatic carbocycles. The molecule has 2 saturated heterocycles. The molecule has 0 saturated carbocycles. The summed E-state index contributed by atoms with van der Waals surface area (Å²) in [5.74, 6) is -1.38. The maximum Gasteiger partial charge on any atom is 0.322 e. The molecule has 0 radical (unpaired) electrons. The van der Waals surface area contributed by atoms with E-state index in [1.54, 1.807) is 12.1 Å². The molecule has 0 aliphatic carbocycles. The van der Waals surface area contributed by atoms with Crippen molar-refractivity contribution in [3.8, 4) is 0 Å². The summed E-state index contributed by atoms with van der Waals surface area (Å²) in [6, 6.07) is 4.22. The molecule has 0 bridgehead atoms. The zero-order chi connectivity index (χ0) is 21.9. The molecule has 3 amide bonds. The Labute approximate surface area is 179 Å². The molecule has 0 unspecified atom stereocenters. The Morgan fingerprint density at radius 3 is 2.73 bits per heavy atom. The zero-order valence-corrected chi connectivity index (χ0v) is 17.7. The molecule has 2 aliphatic heterocycles. The van der Waals surface area contributed by atoms with E-state index in [1.807, 2.05) is 0 Å². The van der Waals surface area contributed by atoms with E-state index in [2.05, 4.69) is 27.4 Å². The van der Waals surface area contributed by atoms with Gasteiger partial charge in [0.1, 0.15) is 17.6 Å². The lowest BCUT2D eigenvalue weighted by Gasteiger charge is -2.42. The number of benzene rings is 1. The van der Waals surface area contributed by atoms with Crippen LogP contribution in [0.3, 0.4) is 0 Å². The van der Waals surface area contributed by atoms with Crippen molar-refractivity contribution in [2.45, 2.75) is 24.9 Å². The van der Waals surface area contributed by atoms with Crippen LogP contribution < -0.4 is 15.5 Å². The molecule has 2 N–H and O–H groups in total. The first-order chi connectivity index (χ1) is 14.3. The number of methoxy groups -OCH3 is 1. The predicted molar refractivity (Wildman–Crippen MR) is 110 cm³/mol. The van der Waals surface area contributed by atoms with Crippen LogP contribution >= 0.6 is 11.6 Å². The summed E-state index contributed by atoms with van der Waals surface area (Å²) >= 11 is 5.92. The number of amides is 3. The van der Waals surface area contributed by atoms with Crippen LogP contribution in [0.5, 0.6) is 0 Å². The van der Waals surface area contributed by atoms with Crippen LogP contribution in [-0.2, 0) is 14.3 Å². The largest absolute Gasteiger partial charge is 0.382 e. The second-order valence-electron chi connectivity index (χ2n) is 7.92. The molecule has 164 valence electrons. The first-order valence-electron chi connectivity index (χ1n) is 9.80. The van der Waals surface area contributed by atoms with Crippen LogP contribution in [0.15, 0.2) is 18.2 Å². The van der Waals surface area contributed by atoms with Crippen LogP contribution in [0.4, 0.5) is 14.9 Å². The quantitative estimate of drug-likeness (QED) is 0.469. The van der Waals surface area contributed by atoms with E-state index >= 15 is 0 Å². The molecule has 10 heteroatoms. The van der Waals surface area contributed by atoms with E-state index in [0.29, 0.717) is 26.2 Å². The summed E-state index contributed by atoms with van der Waals surface area (Å²) in [6.07, 6.45) is 0.982. The van der Waals surface area contributed by atoms with Gasteiger partial charge >= 0.3 is 6.03 Å². The van der Waals surface area contributed by atoms with Gasteiger partial charge in [0, 0.05) is 50.9 Å². The lowest BCUT2D eigenvalue weighted by molar-refractivity contribution is -0.127. The smallest absolute Gasteiger partial charge is 0.322 e. The average Bonchev–Trinajstić information content (AvgIpc) is 2.97. The molecule has 0 aromatic heterocycles. The highest BCUT2D eigenvalue weighted by Gasteiger charge is 2.47. The van der Waals surface area contributed by atoms with Gasteiger partial charge in [0.05, 0.1) is 11.6 Å². The van der Waals surface area contributed by atoms with E-state index in [1.165, 1.54) is 13.2 Å². The highest BCUT2D eigenvalue weighted by Crippen LogP contribution is 2.27. The SMILES string of the molecule is COC[C@]1(C[C@H](C=O)CN2CCN(c3ccc(F)c(Cl)c3)[C@@H](C)C2)NC(=O)NC1=O. The van der Waals surface area contributed by atoms with Crippen LogP contribution in [0.1, 0.15) is 13.3 Å². The highest BCUT2D eigenvalue weighted by molar-refractivity contribution is 6.31. The predicted octanol–water partition coefficient (Wildman–Crippen LogP) is 1.42. The van der Waals surface area contributed by atoms with Crippen molar-refractivity contribution < 1.29 is 23.5 Å². The standard InChI is InChI=1S/C20H26ClFN4O4/c1-13-9-25(5-6-26(13)15-3-4-17(22)16(21)7-15)10-14(11-27)8-20(12-30-2)18(28)23-19(29)24-20/h3-4,7,11,13-14H,5-6,8-10,12H2,1-2H3,(H2,23,24,28,29)/t13-,14-,20-/m0/s1. The van der Waals surface area contributed by atoms with E-state index in [4.69, 9.17) is 16.3 Å². The van der Waals surface area contributed by atoms with Crippen molar-refractivity contribution in [2.75, 3.05) is 44.8 Å². The van der Waals surface area contributed by atoms with Crippen molar-refractivity contribution in [1.82, 2.24) is 15.5 Å². The van der Waals surface area contributed by atoms with Crippen molar-refractivity contribution in [3.05, 3.63) is 29.0 Å². The van der Waals surface area contributed by atoms with Gasteiger partial charge in [-0.15, -0.1) is 0 Å². The number of piperazine rings is 1. The number of aldehydes is 1. The van der Waals surface area contributed by atoms with E-state index in [-0.39, 0.29) is 24.1 Å². The topological polar surface area (TPSA) is 91.0 Å². The van der Waals surface area contributed by atoms with Crippen LogP contribution in [-0.4, -0.2) is 74.6 Å². The molecule has 2 aliphatic rings. The number of nitrogens with one attached hydrogen (secondary N) is 2. The third-order valence-electron chi connectivity index (χ3n) is 5.65. The Morgan fingerprint density at radius 2 is 2.17 bits per heavy atom. The van der Waals surface area contributed by atoms with Gasteiger partial charge in [-0.05, 0) is 31.5 Å². The number of nitrogens with zero attached hydrogens (tertiary/aromatic N) is 2. The van der Waals surface area contributed by atoms with Crippen LogP contribution in [0.25, 0.3) is 0 Å². The number of ether oxygens (including phenoxy) is 1. The van der Waals surface area contributed by atoms with Crippen molar-refractivity contribution >= 4 is 35.5 Å². The molecule has 2 fully saturated rings.